The number of carbonyl (C=O) groups is 1. The van der Waals surface area contributed by atoms with Gasteiger partial charge in [-0.05, 0) is 13.3 Å². The number of aromatic nitrogens is 2. The van der Waals surface area contributed by atoms with Gasteiger partial charge in [-0.25, -0.2) is 4.79 Å². The first kappa shape index (κ1) is 9.57. The third-order valence-electron chi connectivity index (χ3n) is 1.48. The molecule has 72 valence electrons. The summed E-state index contributed by atoms with van der Waals surface area (Å²) in [7, 11) is 0. The van der Waals surface area contributed by atoms with Crippen LogP contribution in [0.1, 0.15) is 19.0 Å². The molecule has 5 nitrogen and oxygen atoms in total. The van der Waals surface area contributed by atoms with Crippen LogP contribution in [0.25, 0.3) is 0 Å². The van der Waals surface area contributed by atoms with Gasteiger partial charge in [0.1, 0.15) is 0 Å². The lowest BCUT2D eigenvalue weighted by Gasteiger charge is -2.02. The van der Waals surface area contributed by atoms with Gasteiger partial charge in [0.25, 0.3) is 0 Å². The topological polar surface area (TPSA) is 69.8 Å². The molecule has 0 bridgehead atoms. The van der Waals surface area contributed by atoms with Crippen molar-refractivity contribution in [3.63, 3.8) is 0 Å². The maximum atomic E-state index is 11.1. The Morgan fingerprint density at radius 1 is 1.69 bits per heavy atom. The number of carbonyl (C=O) groups excluding carboxylic acids is 1. The molecule has 0 saturated heterocycles. The van der Waals surface area contributed by atoms with Crippen molar-refractivity contribution in [3.8, 4) is 0 Å². The minimum absolute atomic E-state index is 0.214. The first-order valence-corrected chi connectivity index (χ1v) is 4.29. The second-order valence-corrected chi connectivity index (χ2v) is 2.82. The first-order valence-electron chi connectivity index (χ1n) is 4.29. The summed E-state index contributed by atoms with van der Waals surface area (Å²) < 4.78 is 0. The molecule has 3 N–H and O–H groups in total. The predicted octanol–water partition coefficient (Wildman–Crippen LogP) is 1.25. The Hall–Kier alpha value is -1.52. The van der Waals surface area contributed by atoms with E-state index < -0.39 is 0 Å². The van der Waals surface area contributed by atoms with E-state index in [0.29, 0.717) is 12.4 Å². The molecule has 0 aliphatic carbocycles. The molecule has 0 radical (unpaired) electrons. The standard InChI is InChI=1S/C8H14N4O/c1-3-4-9-8(13)10-7-5-6(2)11-12-7/h5H,3-4H2,1-2H3,(H3,9,10,11,12,13). The highest BCUT2D eigenvalue weighted by Gasteiger charge is 2.01. The molecule has 13 heavy (non-hydrogen) atoms. The second-order valence-electron chi connectivity index (χ2n) is 2.82. The monoisotopic (exact) mass is 182 g/mol. The van der Waals surface area contributed by atoms with Crippen LogP contribution < -0.4 is 10.6 Å². The molecule has 1 aromatic rings. The van der Waals surface area contributed by atoms with Crippen LogP contribution in [-0.4, -0.2) is 22.8 Å². The highest BCUT2D eigenvalue weighted by atomic mass is 16.2. The lowest BCUT2D eigenvalue weighted by Crippen LogP contribution is -2.29. The highest BCUT2D eigenvalue weighted by molar-refractivity contribution is 5.88. The smallest absolute Gasteiger partial charge is 0.320 e. The molecule has 5 heteroatoms. The van der Waals surface area contributed by atoms with Crippen molar-refractivity contribution < 1.29 is 4.79 Å². The molecule has 0 atom stereocenters. The number of amides is 2. The van der Waals surface area contributed by atoms with E-state index in [-0.39, 0.29) is 6.03 Å². The Kier molecular flexibility index (Phi) is 3.31. The Morgan fingerprint density at radius 2 is 2.46 bits per heavy atom. The number of aryl methyl sites for hydroxylation is 1. The number of H-pyrrole nitrogens is 1. The number of urea groups is 1. The van der Waals surface area contributed by atoms with Crippen LogP contribution in [0, 0.1) is 6.92 Å². The minimum atomic E-state index is -0.214. The summed E-state index contributed by atoms with van der Waals surface area (Å²) in [5.41, 5.74) is 0.922. The summed E-state index contributed by atoms with van der Waals surface area (Å²) in [5.74, 6) is 0.547. The van der Waals surface area contributed by atoms with E-state index in [9.17, 15) is 4.79 Å². The van der Waals surface area contributed by atoms with Crippen molar-refractivity contribution in [1.82, 2.24) is 15.5 Å². The van der Waals surface area contributed by atoms with Gasteiger partial charge in [0.15, 0.2) is 5.82 Å². The van der Waals surface area contributed by atoms with E-state index in [1.54, 1.807) is 6.07 Å². The number of nitrogens with zero attached hydrogens (tertiary/aromatic N) is 1. The number of nitrogens with one attached hydrogen (secondary N) is 3. The van der Waals surface area contributed by atoms with Gasteiger partial charge in [-0.15, -0.1) is 0 Å². The van der Waals surface area contributed by atoms with Crippen molar-refractivity contribution in [1.29, 1.82) is 0 Å². The normalized spacial score (nSPS) is 9.69. The third kappa shape index (κ3) is 3.14. The zero-order valence-electron chi connectivity index (χ0n) is 7.85. The Morgan fingerprint density at radius 3 is 3.00 bits per heavy atom. The fraction of sp³-hybridized carbons (Fsp3) is 0.500. The molecular weight excluding hydrogens is 168 g/mol. The molecular formula is C8H14N4O. The van der Waals surface area contributed by atoms with Gasteiger partial charge in [0, 0.05) is 18.3 Å². The molecule has 1 heterocycles. The van der Waals surface area contributed by atoms with Crippen LogP contribution in [0.15, 0.2) is 6.07 Å². The van der Waals surface area contributed by atoms with E-state index in [1.807, 2.05) is 13.8 Å². The van der Waals surface area contributed by atoms with Crippen LogP contribution in [0.5, 0.6) is 0 Å². The summed E-state index contributed by atoms with van der Waals surface area (Å²) in [4.78, 5) is 11.1. The molecule has 0 saturated carbocycles. The molecule has 0 spiro atoms. The molecule has 0 unspecified atom stereocenters. The van der Waals surface area contributed by atoms with Gasteiger partial charge in [0.2, 0.25) is 0 Å². The van der Waals surface area contributed by atoms with Crippen LogP contribution in [0.4, 0.5) is 10.6 Å². The fourth-order valence-corrected chi connectivity index (χ4v) is 0.881. The van der Waals surface area contributed by atoms with Gasteiger partial charge in [-0.3, -0.25) is 10.4 Å². The van der Waals surface area contributed by atoms with Crippen molar-refractivity contribution in [3.05, 3.63) is 11.8 Å². The first-order chi connectivity index (χ1) is 6.22. The quantitative estimate of drug-likeness (QED) is 0.658. The van der Waals surface area contributed by atoms with Crippen molar-refractivity contribution >= 4 is 11.8 Å². The predicted molar refractivity (Wildman–Crippen MR) is 50.6 cm³/mol. The summed E-state index contributed by atoms with van der Waals surface area (Å²) in [6.07, 6.45) is 0.924. The largest absolute Gasteiger partial charge is 0.338 e. The lowest BCUT2D eigenvalue weighted by atomic mass is 10.5. The number of anilines is 1. The van der Waals surface area contributed by atoms with Crippen LogP contribution >= 0.6 is 0 Å². The zero-order chi connectivity index (χ0) is 9.68. The minimum Gasteiger partial charge on any atom is -0.338 e. The van der Waals surface area contributed by atoms with E-state index in [0.717, 1.165) is 12.1 Å². The fourth-order valence-electron chi connectivity index (χ4n) is 0.881. The maximum Gasteiger partial charge on any atom is 0.320 e. The zero-order valence-corrected chi connectivity index (χ0v) is 7.85. The molecule has 1 aromatic heterocycles. The Bertz CT molecular complexity index is 281. The average Bonchev–Trinajstić information content (AvgIpc) is 2.48. The summed E-state index contributed by atoms with van der Waals surface area (Å²) in [5, 5.41) is 11.9. The summed E-state index contributed by atoms with van der Waals surface area (Å²) >= 11 is 0. The van der Waals surface area contributed by atoms with Crippen molar-refractivity contribution in [2.24, 2.45) is 0 Å². The molecule has 1 rings (SSSR count). The van der Waals surface area contributed by atoms with Gasteiger partial charge in [-0.1, -0.05) is 6.92 Å². The van der Waals surface area contributed by atoms with Crippen LogP contribution in [0.2, 0.25) is 0 Å². The Labute approximate surface area is 76.9 Å². The number of rotatable bonds is 3. The molecule has 2 amide bonds. The summed E-state index contributed by atoms with van der Waals surface area (Å²) in [6, 6.07) is 1.55. The van der Waals surface area contributed by atoms with E-state index in [2.05, 4.69) is 20.8 Å². The lowest BCUT2D eigenvalue weighted by molar-refractivity contribution is 0.252. The molecule has 0 aliphatic rings. The maximum absolute atomic E-state index is 11.1. The highest BCUT2D eigenvalue weighted by Crippen LogP contribution is 2.02. The third-order valence-corrected chi connectivity index (χ3v) is 1.48. The number of hydrogen-bond donors (Lipinski definition) is 3. The molecule has 0 fully saturated rings. The number of hydrogen-bond acceptors (Lipinski definition) is 2. The Balaban J connectivity index is 2.36. The average molecular weight is 182 g/mol. The van der Waals surface area contributed by atoms with Gasteiger partial charge in [-0.2, -0.15) is 5.10 Å². The van der Waals surface area contributed by atoms with Gasteiger partial charge >= 0.3 is 6.03 Å². The van der Waals surface area contributed by atoms with E-state index in [4.69, 9.17) is 0 Å². The molecule has 0 aliphatic heterocycles. The van der Waals surface area contributed by atoms with E-state index in [1.165, 1.54) is 0 Å². The number of aromatic amines is 1. The van der Waals surface area contributed by atoms with E-state index >= 15 is 0 Å². The van der Waals surface area contributed by atoms with Crippen LogP contribution in [-0.2, 0) is 0 Å². The second kappa shape index (κ2) is 4.49. The van der Waals surface area contributed by atoms with Crippen molar-refractivity contribution in [2.45, 2.75) is 20.3 Å². The molecule has 0 aromatic carbocycles. The van der Waals surface area contributed by atoms with Gasteiger partial charge < -0.3 is 5.32 Å². The van der Waals surface area contributed by atoms with Crippen molar-refractivity contribution in [2.75, 3.05) is 11.9 Å². The van der Waals surface area contributed by atoms with Gasteiger partial charge in [0.05, 0.1) is 0 Å². The SMILES string of the molecule is CCCNC(=O)Nc1cc(C)[nH]n1. The summed E-state index contributed by atoms with van der Waals surface area (Å²) in [6.45, 7) is 4.55. The van der Waals surface area contributed by atoms with Crippen LogP contribution in [0.3, 0.4) is 0 Å².